The first-order chi connectivity index (χ1) is 15.0. The molecule has 31 heavy (non-hydrogen) atoms. The summed E-state index contributed by atoms with van der Waals surface area (Å²) < 4.78 is 10.6. The topological polar surface area (TPSA) is 114 Å². The molecule has 164 valence electrons. The van der Waals surface area contributed by atoms with Gasteiger partial charge in [0, 0.05) is 19.0 Å². The summed E-state index contributed by atoms with van der Waals surface area (Å²) in [5.41, 5.74) is 4.61. The van der Waals surface area contributed by atoms with Crippen LogP contribution in [0.1, 0.15) is 24.0 Å². The molecule has 0 aromatic heterocycles. The van der Waals surface area contributed by atoms with Gasteiger partial charge < -0.3 is 25.2 Å². The first kappa shape index (κ1) is 22.3. The number of carboxylic acids is 1. The minimum absolute atomic E-state index is 0.00806. The number of hydrogen-bond donors (Lipinski definition) is 3. The summed E-state index contributed by atoms with van der Waals surface area (Å²) >= 11 is 0. The Balaban J connectivity index is 1.36. The zero-order valence-electron chi connectivity index (χ0n) is 17.3. The minimum atomic E-state index is -0.978. The smallest absolute Gasteiger partial charge is 0.407 e. The summed E-state index contributed by atoms with van der Waals surface area (Å²) in [6.45, 7) is 1.88. The minimum Gasteiger partial charge on any atom is -0.481 e. The van der Waals surface area contributed by atoms with Crippen LogP contribution in [0.5, 0.6) is 0 Å². The number of ether oxygens (including phenoxy) is 2. The van der Waals surface area contributed by atoms with E-state index in [2.05, 4.69) is 34.9 Å². The standard InChI is InChI=1S/C23H26N2O6/c1-15(22(27)28)12-25-21(26)14-30-11-10-24-23(29)31-13-20-18-8-4-2-6-16(18)17-7-3-5-9-19(17)20/h2-9,15,20H,10-14H2,1H3,(H,24,29)(H,25,26)(H,27,28). The van der Waals surface area contributed by atoms with Crippen LogP contribution in [0.15, 0.2) is 48.5 Å². The fourth-order valence-corrected chi connectivity index (χ4v) is 3.44. The van der Waals surface area contributed by atoms with Crippen LogP contribution in [-0.2, 0) is 19.1 Å². The van der Waals surface area contributed by atoms with Crippen molar-refractivity contribution in [3.63, 3.8) is 0 Å². The van der Waals surface area contributed by atoms with E-state index in [9.17, 15) is 14.4 Å². The number of benzene rings is 2. The van der Waals surface area contributed by atoms with E-state index in [0.717, 1.165) is 22.3 Å². The molecule has 0 radical (unpaired) electrons. The van der Waals surface area contributed by atoms with Crippen LogP contribution in [0.25, 0.3) is 11.1 Å². The molecule has 0 saturated carbocycles. The first-order valence-corrected chi connectivity index (χ1v) is 10.1. The lowest BCUT2D eigenvalue weighted by atomic mass is 9.98. The number of hydrogen-bond acceptors (Lipinski definition) is 5. The predicted octanol–water partition coefficient (Wildman–Crippen LogP) is 2.38. The summed E-state index contributed by atoms with van der Waals surface area (Å²) in [5, 5.41) is 13.8. The van der Waals surface area contributed by atoms with E-state index >= 15 is 0 Å². The van der Waals surface area contributed by atoms with E-state index < -0.39 is 23.9 Å². The maximum absolute atomic E-state index is 12.0. The second-order valence-corrected chi connectivity index (χ2v) is 7.35. The Morgan fingerprint density at radius 1 is 1.00 bits per heavy atom. The summed E-state index contributed by atoms with van der Waals surface area (Å²) in [6, 6.07) is 16.2. The predicted molar refractivity (Wildman–Crippen MR) is 114 cm³/mol. The number of amides is 2. The maximum Gasteiger partial charge on any atom is 0.407 e. The van der Waals surface area contributed by atoms with Gasteiger partial charge in [0.2, 0.25) is 5.91 Å². The fraction of sp³-hybridized carbons (Fsp3) is 0.348. The molecular formula is C23H26N2O6. The highest BCUT2D eigenvalue weighted by molar-refractivity contribution is 5.79. The lowest BCUT2D eigenvalue weighted by Gasteiger charge is -2.14. The highest BCUT2D eigenvalue weighted by Gasteiger charge is 2.28. The Labute approximate surface area is 180 Å². The number of carbonyl (C=O) groups excluding carboxylic acids is 2. The van der Waals surface area contributed by atoms with Crippen molar-refractivity contribution >= 4 is 18.0 Å². The third kappa shape index (κ3) is 5.82. The zero-order chi connectivity index (χ0) is 22.2. The van der Waals surface area contributed by atoms with Gasteiger partial charge in [-0.2, -0.15) is 0 Å². The normalized spacial score (nSPS) is 13.1. The highest BCUT2D eigenvalue weighted by Crippen LogP contribution is 2.44. The van der Waals surface area contributed by atoms with Crippen molar-refractivity contribution in [3.05, 3.63) is 59.7 Å². The van der Waals surface area contributed by atoms with Crippen molar-refractivity contribution in [1.29, 1.82) is 0 Å². The molecule has 1 atom stereocenters. The van der Waals surface area contributed by atoms with Gasteiger partial charge in [0.25, 0.3) is 0 Å². The Kier molecular flexibility index (Phi) is 7.61. The number of alkyl carbamates (subject to hydrolysis) is 1. The molecule has 0 fully saturated rings. The van der Waals surface area contributed by atoms with Crippen molar-refractivity contribution in [2.24, 2.45) is 5.92 Å². The Morgan fingerprint density at radius 3 is 2.23 bits per heavy atom. The Bertz CT molecular complexity index is 900. The van der Waals surface area contributed by atoms with Crippen LogP contribution in [0.2, 0.25) is 0 Å². The van der Waals surface area contributed by atoms with Gasteiger partial charge in [-0.25, -0.2) is 4.79 Å². The number of rotatable bonds is 10. The van der Waals surface area contributed by atoms with Crippen LogP contribution in [-0.4, -0.2) is 56.0 Å². The van der Waals surface area contributed by atoms with Crippen molar-refractivity contribution < 1.29 is 29.0 Å². The molecule has 3 rings (SSSR count). The maximum atomic E-state index is 12.0. The fourth-order valence-electron chi connectivity index (χ4n) is 3.44. The highest BCUT2D eigenvalue weighted by atomic mass is 16.5. The van der Waals surface area contributed by atoms with Gasteiger partial charge in [-0.3, -0.25) is 9.59 Å². The molecule has 0 spiro atoms. The molecule has 1 unspecified atom stereocenters. The van der Waals surface area contributed by atoms with Gasteiger partial charge in [0.15, 0.2) is 0 Å². The summed E-state index contributed by atoms with van der Waals surface area (Å²) in [4.78, 5) is 34.3. The molecule has 3 N–H and O–H groups in total. The van der Waals surface area contributed by atoms with Crippen molar-refractivity contribution in [1.82, 2.24) is 10.6 Å². The van der Waals surface area contributed by atoms with E-state index in [1.54, 1.807) is 0 Å². The number of aliphatic carboxylic acids is 1. The van der Waals surface area contributed by atoms with E-state index in [-0.39, 0.29) is 38.8 Å². The van der Waals surface area contributed by atoms with Gasteiger partial charge >= 0.3 is 12.1 Å². The van der Waals surface area contributed by atoms with Crippen molar-refractivity contribution in [2.75, 3.05) is 32.9 Å². The number of carboxylic acid groups (broad SMARTS) is 1. The van der Waals surface area contributed by atoms with Gasteiger partial charge in [0.1, 0.15) is 13.2 Å². The summed E-state index contributed by atoms with van der Waals surface area (Å²) in [6.07, 6.45) is -0.551. The van der Waals surface area contributed by atoms with E-state index in [4.69, 9.17) is 14.6 Å². The molecule has 2 aromatic rings. The van der Waals surface area contributed by atoms with Gasteiger partial charge in [-0.1, -0.05) is 55.5 Å². The summed E-state index contributed by atoms with van der Waals surface area (Å²) in [7, 11) is 0. The van der Waals surface area contributed by atoms with Gasteiger partial charge in [-0.15, -0.1) is 0 Å². The van der Waals surface area contributed by atoms with E-state index in [1.807, 2.05) is 24.3 Å². The zero-order valence-corrected chi connectivity index (χ0v) is 17.3. The van der Waals surface area contributed by atoms with E-state index in [1.165, 1.54) is 6.92 Å². The van der Waals surface area contributed by atoms with Crippen LogP contribution in [0.3, 0.4) is 0 Å². The quantitative estimate of drug-likeness (QED) is 0.503. The molecule has 1 aliphatic carbocycles. The molecule has 1 aliphatic rings. The number of nitrogens with one attached hydrogen (secondary N) is 2. The Morgan fingerprint density at radius 2 is 1.61 bits per heavy atom. The first-order valence-electron chi connectivity index (χ1n) is 10.1. The van der Waals surface area contributed by atoms with Gasteiger partial charge in [0.05, 0.1) is 12.5 Å². The number of carbonyl (C=O) groups is 3. The number of fused-ring (bicyclic) bond motifs is 3. The summed E-state index contributed by atoms with van der Waals surface area (Å²) in [5.74, 6) is -2.06. The van der Waals surface area contributed by atoms with Crippen LogP contribution in [0, 0.1) is 5.92 Å². The third-order valence-corrected chi connectivity index (χ3v) is 5.12. The van der Waals surface area contributed by atoms with Crippen molar-refractivity contribution in [3.8, 4) is 11.1 Å². The molecule has 2 aromatic carbocycles. The largest absolute Gasteiger partial charge is 0.481 e. The van der Waals surface area contributed by atoms with Crippen LogP contribution in [0.4, 0.5) is 4.79 Å². The van der Waals surface area contributed by atoms with Crippen LogP contribution < -0.4 is 10.6 Å². The average molecular weight is 426 g/mol. The third-order valence-electron chi connectivity index (χ3n) is 5.12. The van der Waals surface area contributed by atoms with E-state index in [0.29, 0.717) is 0 Å². The average Bonchev–Trinajstić information content (AvgIpc) is 3.09. The second-order valence-electron chi connectivity index (χ2n) is 7.35. The lowest BCUT2D eigenvalue weighted by Crippen LogP contribution is -2.35. The molecule has 0 heterocycles. The monoisotopic (exact) mass is 426 g/mol. The molecule has 2 amide bonds. The Hall–Kier alpha value is -3.39. The SMILES string of the molecule is CC(CNC(=O)COCCNC(=O)OCC1c2ccccc2-c2ccccc21)C(=O)O. The molecule has 0 aliphatic heterocycles. The van der Waals surface area contributed by atoms with Crippen LogP contribution >= 0.6 is 0 Å². The van der Waals surface area contributed by atoms with Gasteiger partial charge in [-0.05, 0) is 22.3 Å². The second kappa shape index (κ2) is 10.6. The molecular weight excluding hydrogens is 400 g/mol. The molecule has 0 saturated heterocycles. The lowest BCUT2D eigenvalue weighted by molar-refractivity contribution is -0.141. The van der Waals surface area contributed by atoms with Crippen molar-refractivity contribution in [2.45, 2.75) is 12.8 Å². The molecule has 8 heteroatoms. The molecule has 8 nitrogen and oxygen atoms in total. The molecule has 0 bridgehead atoms.